The Balaban J connectivity index is 1.47. The lowest BCUT2D eigenvalue weighted by atomic mass is 10.1. The van der Waals surface area contributed by atoms with Crippen LogP contribution >= 0.6 is 11.3 Å². The zero-order chi connectivity index (χ0) is 15.6. The number of hydrogen-bond acceptors (Lipinski definition) is 6. The average molecular weight is 326 g/mol. The molecule has 1 saturated heterocycles. The summed E-state index contributed by atoms with van der Waals surface area (Å²) in [7, 11) is 0. The largest absolute Gasteiger partial charge is 0.337 e. The third-order valence-corrected chi connectivity index (χ3v) is 4.62. The zero-order valence-electron chi connectivity index (χ0n) is 12.3. The van der Waals surface area contributed by atoms with E-state index in [0.29, 0.717) is 30.5 Å². The smallest absolute Gasteiger partial charge is 0.272 e. The molecule has 23 heavy (non-hydrogen) atoms. The number of likely N-dealkylation sites (tertiary alicyclic amines) is 1. The Morgan fingerprint density at radius 3 is 3.09 bits per heavy atom. The van der Waals surface area contributed by atoms with Gasteiger partial charge in [-0.2, -0.15) is 16.3 Å². The third-order valence-electron chi connectivity index (χ3n) is 3.93. The van der Waals surface area contributed by atoms with Crippen LogP contribution in [0, 0.1) is 0 Å². The molecule has 1 aliphatic heterocycles. The summed E-state index contributed by atoms with van der Waals surface area (Å²) in [4.78, 5) is 22.8. The van der Waals surface area contributed by atoms with E-state index in [-0.39, 0.29) is 11.8 Å². The van der Waals surface area contributed by atoms with Crippen molar-refractivity contribution in [3.8, 4) is 11.5 Å². The zero-order valence-corrected chi connectivity index (χ0v) is 13.1. The molecule has 1 aliphatic rings. The summed E-state index contributed by atoms with van der Waals surface area (Å²) in [5, 5.41) is 8.03. The molecule has 1 atom stereocenters. The van der Waals surface area contributed by atoms with Gasteiger partial charge in [-0.3, -0.25) is 9.78 Å². The van der Waals surface area contributed by atoms with Gasteiger partial charge in [0.05, 0.1) is 5.56 Å². The molecule has 0 radical (unpaired) electrons. The highest BCUT2D eigenvalue weighted by molar-refractivity contribution is 7.08. The fourth-order valence-electron chi connectivity index (χ4n) is 2.71. The minimum absolute atomic E-state index is 0.0466. The van der Waals surface area contributed by atoms with E-state index in [4.69, 9.17) is 4.52 Å². The van der Waals surface area contributed by atoms with Crippen LogP contribution in [0.4, 0.5) is 0 Å². The highest BCUT2D eigenvalue weighted by Gasteiger charge is 2.31. The SMILES string of the molecule is O=C(c1ccccn1)N1CCC(c2noc(-c3ccsc3)n2)C1. The molecule has 3 aromatic rings. The van der Waals surface area contributed by atoms with Crippen LogP contribution < -0.4 is 0 Å². The number of rotatable bonds is 3. The predicted molar refractivity (Wildman–Crippen MR) is 85.1 cm³/mol. The summed E-state index contributed by atoms with van der Waals surface area (Å²) in [5.41, 5.74) is 1.41. The first-order valence-corrected chi connectivity index (χ1v) is 8.32. The lowest BCUT2D eigenvalue weighted by Gasteiger charge is -2.14. The van der Waals surface area contributed by atoms with Crippen molar-refractivity contribution in [1.29, 1.82) is 0 Å². The second kappa shape index (κ2) is 5.92. The predicted octanol–water partition coefficient (Wildman–Crippen LogP) is 2.82. The molecule has 3 aromatic heterocycles. The summed E-state index contributed by atoms with van der Waals surface area (Å²) in [6.45, 7) is 1.28. The van der Waals surface area contributed by atoms with Gasteiger partial charge in [0.2, 0.25) is 0 Å². The Hall–Kier alpha value is -2.54. The van der Waals surface area contributed by atoms with Crippen molar-refractivity contribution in [1.82, 2.24) is 20.0 Å². The minimum Gasteiger partial charge on any atom is -0.337 e. The number of nitrogens with zero attached hydrogens (tertiary/aromatic N) is 4. The van der Waals surface area contributed by atoms with E-state index in [1.165, 1.54) is 0 Å². The van der Waals surface area contributed by atoms with Gasteiger partial charge in [0, 0.05) is 30.6 Å². The number of hydrogen-bond donors (Lipinski definition) is 0. The first kappa shape index (κ1) is 14.1. The molecule has 1 amide bonds. The summed E-state index contributed by atoms with van der Waals surface area (Å²) in [5.74, 6) is 1.27. The van der Waals surface area contributed by atoms with Crippen LogP contribution in [-0.2, 0) is 0 Å². The van der Waals surface area contributed by atoms with Gasteiger partial charge in [0.1, 0.15) is 5.69 Å². The molecule has 4 heterocycles. The van der Waals surface area contributed by atoms with E-state index in [1.807, 2.05) is 22.9 Å². The number of aromatic nitrogens is 3. The number of carbonyl (C=O) groups is 1. The Morgan fingerprint density at radius 1 is 1.35 bits per heavy atom. The lowest BCUT2D eigenvalue weighted by Crippen LogP contribution is -2.29. The van der Waals surface area contributed by atoms with Crippen LogP contribution in [0.3, 0.4) is 0 Å². The first-order chi connectivity index (χ1) is 11.3. The molecule has 4 rings (SSSR count). The molecular formula is C16H14N4O2S. The van der Waals surface area contributed by atoms with E-state index >= 15 is 0 Å². The van der Waals surface area contributed by atoms with Crippen LogP contribution in [-0.4, -0.2) is 39.0 Å². The number of pyridine rings is 1. The topological polar surface area (TPSA) is 72.1 Å². The van der Waals surface area contributed by atoms with E-state index in [1.54, 1.807) is 34.6 Å². The van der Waals surface area contributed by atoms with Crippen LogP contribution in [0.5, 0.6) is 0 Å². The van der Waals surface area contributed by atoms with Crippen LogP contribution in [0.2, 0.25) is 0 Å². The van der Waals surface area contributed by atoms with Crippen molar-refractivity contribution in [3.63, 3.8) is 0 Å². The van der Waals surface area contributed by atoms with Crippen molar-refractivity contribution in [2.24, 2.45) is 0 Å². The van der Waals surface area contributed by atoms with Gasteiger partial charge in [0.25, 0.3) is 11.8 Å². The van der Waals surface area contributed by atoms with E-state index in [2.05, 4.69) is 15.1 Å². The van der Waals surface area contributed by atoms with E-state index in [0.717, 1.165) is 12.0 Å². The second-order valence-electron chi connectivity index (χ2n) is 5.42. The van der Waals surface area contributed by atoms with E-state index in [9.17, 15) is 4.79 Å². The second-order valence-corrected chi connectivity index (χ2v) is 6.20. The van der Waals surface area contributed by atoms with Crippen LogP contribution in [0.15, 0.2) is 45.7 Å². The molecule has 0 saturated carbocycles. The number of carbonyl (C=O) groups excluding carboxylic acids is 1. The van der Waals surface area contributed by atoms with Crippen molar-refractivity contribution in [2.75, 3.05) is 13.1 Å². The maximum Gasteiger partial charge on any atom is 0.272 e. The van der Waals surface area contributed by atoms with Gasteiger partial charge in [-0.05, 0) is 30.0 Å². The number of amides is 1. The normalized spacial score (nSPS) is 17.6. The highest BCUT2D eigenvalue weighted by Crippen LogP contribution is 2.28. The van der Waals surface area contributed by atoms with Crippen molar-refractivity contribution in [3.05, 3.63) is 52.7 Å². The fourth-order valence-corrected chi connectivity index (χ4v) is 3.34. The fraction of sp³-hybridized carbons (Fsp3) is 0.250. The molecular weight excluding hydrogens is 312 g/mol. The number of thiophene rings is 1. The molecule has 0 aromatic carbocycles. The molecule has 7 heteroatoms. The van der Waals surface area contributed by atoms with Crippen molar-refractivity contribution in [2.45, 2.75) is 12.3 Å². The summed E-state index contributed by atoms with van der Waals surface area (Å²) in [6.07, 6.45) is 2.47. The van der Waals surface area contributed by atoms with Crippen LogP contribution in [0.25, 0.3) is 11.5 Å². The quantitative estimate of drug-likeness (QED) is 0.740. The summed E-state index contributed by atoms with van der Waals surface area (Å²) < 4.78 is 5.33. The Morgan fingerprint density at radius 2 is 2.30 bits per heavy atom. The van der Waals surface area contributed by atoms with Gasteiger partial charge < -0.3 is 9.42 Å². The standard InChI is InChI=1S/C16H14N4O2S/c21-16(13-3-1-2-6-17-13)20-7-4-11(9-20)14-18-15(22-19-14)12-5-8-23-10-12/h1-3,5-6,8,10-11H,4,7,9H2. The monoisotopic (exact) mass is 326 g/mol. The molecule has 0 N–H and O–H groups in total. The summed E-state index contributed by atoms with van der Waals surface area (Å²) >= 11 is 1.59. The Kier molecular flexibility index (Phi) is 3.63. The first-order valence-electron chi connectivity index (χ1n) is 7.38. The van der Waals surface area contributed by atoms with Crippen molar-refractivity contribution < 1.29 is 9.32 Å². The minimum atomic E-state index is -0.0466. The Bertz CT molecular complexity index is 801. The van der Waals surface area contributed by atoms with Crippen LogP contribution in [0.1, 0.15) is 28.7 Å². The maximum atomic E-state index is 12.4. The van der Waals surface area contributed by atoms with Gasteiger partial charge in [-0.1, -0.05) is 11.2 Å². The molecule has 0 spiro atoms. The van der Waals surface area contributed by atoms with E-state index < -0.39 is 0 Å². The summed E-state index contributed by atoms with van der Waals surface area (Å²) in [6, 6.07) is 7.31. The third kappa shape index (κ3) is 2.75. The lowest BCUT2D eigenvalue weighted by molar-refractivity contribution is 0.0784. The molecule has 0 bridgehead atoms. The highest BCUT2D eigenvalue weighted by atomic mass is 32.1. The Labute approximate surface area is 136 Å². The maximum absolute atomic E-state index is 12.4. The van der Waals surface area contributed by atoms with Gasteiger partial charge in [-0.25, -0.2) is 0 Å². The molecule has 1 unspecified atom stereocenters. The van der Waals surface area contributed by atoms with Gasteiger partial charge >= 0.3 is 0 Å². The molecule has 6 nitrogen and oxygen atoms in total. The van der Waals surface area contributed by atoms with Gasteiger partial charge in [-0.15, -0.1) is 0 Å². The van der Waals surface area contributed by atoms with Crippen molar-refractivity contribution >= 4 is 17.2 Å². The average Bonchev–Trinajstić information content (AvgIpc) is 3.34. The van der Waals surface area contributed by atoms with Gasteiger partial charge in [0.15, 0.2) is 5.82 Å². The molecule has 116 valence electrons. The molecule has 0 aliphatic carbocycles. The molecule has 1 fully saturated rings.